The number of hydrogen-bond acceptors (Lipinski definition) is 5. The van der Waals surface area contributed by atoms with Crippen molar-refractivity contribution in [3.63, 3.8) is 0 Å². The number of nitro benzene ring substituents is 1. The van der Waals surface area contributed by atoms with Crippen LogP contribution in [-0.4, -0.2) is 15.0 Å². The third kappa shape index (κ3) is 3.35. The first-order chi connectivity index (χ1) is 10.0. The first kappa shape index (κ1) is 14.9. The van der Waals surface area contributed by atoms with Crippen LogP contribution < -0.4 is 4.74 Å². The van der Waals surface area contributed by atoms with E-state index in [2.05, 4.69) is 4.98 Å². The molecule has 1 aromatic heterocycles. The third-order valence-electron chi connectivity index (χ3n) is 3.10. The van der Waals surface area contributed by atoms with Crippen LogP contribution in [0.3, 0.4) is 0 Å². The van der Waals surface area contributed by atoms with E-state index in [4.69, 9.17) is 4.74 Å². The second kappa shape index (κ2) is 6.32. The summed E-state index contributed by atoms with van der Waals surface area (Å²) in [6.07, 6.45) is 1.39. The van der Waals surface area contributed by atoms with Crippen molar-refractivity contribution in [2.75, 3.05) is 0 Å². The fourth-order valence-electron chi connectivity index (χ4n) is 1.93. The Morgan fingerprint density at radius 2 is 2.14 bits per heavy atom. The molecule has 1 N–H and O–H groups in total. The zero-order valence-corrected chi connectivity index (χ0v) is 11.8. The SMILES string of the molecule is CCC(O)c1ccc(Oc2cccc(C)c2[N+](=O)[O-])cn1. The molecule has 0 aliphatic carbocycles. The van der Waals surface area contributed by atoms with Gasteiger partial charge in [-0.15, -0.1) is 0 Å². The van der Waals surface area contributed by atoms with E-state index in [9.17, 15) is 15.2 Å². The molecule has 0 spiro atoms. The number of aliphatic hydroxyl groups excluding tert-OH is 1. The molecule has 1 atom stereocenters. The van der Waals surface area contributed by atoms with Crippen molar-refractivity contribution >= 4 is 5.69 Å². The zero-order valence-electron chi connectivity index (χ0n) is 11.8. The summed E-state index contributed by atoms with van der Waals surface area (Å²) in [6, 6.07) is 8.17. The van der Waals surface area contributed by atoms with E-state index in [0.29, 0.717) is 23.4 Å². The molecule has 110 valence electrons. The first-order valence-corrected chi connectivity index (χ1v) is 6.58. The van der Waals surface area contributed by atoms with Crippen molar-refractivity contribution in [3.05, 3.63) is 57.9 Å². The average Bonchev–Trinajstić information content (AvgIpc) is 2.47. The summed E-state index contributed by atoms with van der Waals surface area (Å²) >= 11 is 0. The topological polar surface area (TPSA) is 85.5 Å². The molecule has 21 heavy (non-hydrogen) atoms. The molecule has 0 aliphatic heterocycles. The van der Waals surface area contributed by atoms with Crippen molar-refractivity contribution in [1.29, 1.82) is 0 Å². The van der Waals surface area contributed by atoms with E-state index in [1.165, 1.54) is 6.20 Å². The Balaban J connectivity index is 2.27. The van der Waals surface area contributed by atoms with Crippen molar-refractivity contribution in [2.24, 2.45) is 0 Å². The number of pyridine rings is 1. The molecule has 0 radical (unpaired) electrons. The van der Waals surface area contributed by atoms with Crippen LogP contribution in [0, 0.1) is 17.0 Å². The van der Waals surface area contributed by atoms with Crippen LogP contribution in [0.15, 0.2) is 36.5 Å². The average molecular weight is 288 g/mol. The first-order valence-electron chi connectivity index (χ1n) is 6.58. The Hall–Kier alpha value is -2.47. The summed E-state index contributed by atoms with van der Waals surface area (Å²) in [7, 11) is 0. The van der Waals surface area contributed by atoms with Gasteiger partial charge in [0.05, 0.1) is 22.9 Å². The standard InChI is InChI=1S/C15H16N2O4/c1-3-13(18)12-8-7-11(9-16-12)21-14-6-4-5-10(2)15(14)17(19)20/h4-9,13,18H,3H2,1-2H3. The van der Waals surface area contributed by atoms with E-state index in [-0.39, 0.29) is 11.4 Å². The molecule has 0 fully saturated rings. The van der Waals surface area contributed by atoms with Gasteiger partial charge in [0.25, 0.3) is 0 Å². The smallest absolute Gasteiger partial charge is 0.314 e. The lowest BCUT2D eigenvalue weighted by atomic mass is 10.2. The molecule has 0 bridgehead atoms. The van der Waals surface area contributed by atoms with Gasteiger partial charge in [0, 0.05) is 5.56 Å². The zero-order chi connectivity index (χ0) is 15.4. The van der Waals surface area contributed by atoms with E-state index in [0.717, 1.165) is 0 Å². The van der Waals surface area contributed by atoms with E-state index >= 15 is 0 Å². The number of hydrogen-bond donors (Lipinski definition) is 1. The van der Waals surface area contributed by atoms with Crippen LogP contribution in [-0.2, 0) is 0 Å². The van der Waals surface area contributed by atoms with Gasteiger partial charge in [-0.25, -0.2) is 0 Å². The van der Waals surface area contributed by atoms with Gasteiger partial charge < -0.3 is 9.84 Å². The Kier molecular flexibility index (Phi) is 4.49. The Morgan fingerprint density at radius 3 is 2.71 bits per heavy atom. The summed E-state index contributed by atoms with van der Waals surface area (Å²) in [5, 5.41) is 20.8. The minimum absolute atomic E-state index is 0.0600. The third-order valence-corrected chi connectivity index (χ3v) is 3.10. The lowest BCUT2D eigenvalue weighted by molar-refractivity contribution is -0.386. The predicted molar refractivity (Wildman–Crippen MR) is 77.4 cm³/mol. The summed E-state index contributed by atoms with van der Waals surface area (Å²) in [6.45, 7) is 3.51. The highest BCUT2D eigenvalue weighted by Crippen LogP contribution is 2.33. The van der Waals surface area contributed by atoms with E-state index in [1.807, 2.05) is 6.92 Å². The predicted octanol–water partition coefficient (Wildman–Crippen LogP) is 3.53. The Morgan fingerprint density at radius 1 is 1.38 bits per heavy atom. The van der Waals surface area contributed by atoms with Gasteiger partial charge in [0.15, 0.2) is 0 Å². The number of rotatable bonds is 5. The number of aliphatic hydroxyl groups is 1. The van der Waals surface area contributed by atoms with Crippen LogP contribution in [0.25, 0.3) is 0 Å². The molecule has 6 heteroatoms. The number of nitro groups is 1. The molecule has 2 rings (SSSR count). The maximum Gasteiger partial charge on any atom is 0.314 e. The number of ether oxygens (including phenoxy) is 1. The van der Waals surface area contributed by atoms with Crippen molar-refractivity contribution in [3.8, 4) is 11.5 Å². The Bertz CT molecular complexity index is 641. The van der Waals surface area contributed by atoms with Crippen molar-refractivity contribution in [1.82, 2.24) is 4.98 Å². The lowest BCUT2D eigenvalue weighted by Crippen LogP contribution is -1.99. The molecule has 0 amide bonds. The molecule has 1 unspecified atom stereocenters. The van der Waals surface area contributed by atoms with Gasteiger partial charge in [-0.1, -0.05) is 19.1 Å². The van der Waals surface area contributed by atoms with E-state index < -0.39 is 11.0 Å². The number of aromatic nitrogens is 1. The lowest BCUT2D eigenvalue weighted by Gasteiger charge is -2.10. The number of nitrogens with zero attached hydrogens (tertiary/aromatic N) is 2. The van der Waals surface area contributed by atoms with Crippen LogP contribution >= 0.6 is 0 Å². The van der Waals surface area contributed by atoms with Gasteiger partial charge in [0.1, 0.15) is 5.75 Å². The minimum atomic E-state index is -0.618. The maximum atomic E-state index is 11.1. The van der Waals surface area contributed by atoms with Gasteiger partial charge >= 0.3 is 5.69 Å². The number of benzene rings is 1. The molecule has 0 saturated heterocycles. The maximum absolute atomic E-state index is 11.1. The van der Waals surface area contributed by atoms with E-state index in [1.54, 1.807) is 37.3 Å². The number of aryl methyl sites for hydroxylation is 1. The molecule has 6 nitrogen and oxygen atoms in total. The second-order valence-corrected chi connectivity index (χ2v) is 4.62. The molecule has 0 aliphatic rings. The van der Waals surface area contributed by atoms with Crippen molar-refractivity contribution < 1.29 is 14.8 Å². The molecular formula is C15H16N2O4. The Labute approximate surface area is 122 Å². The minimum Gasteiger partial charge on any atom is -0.448 e. The monoisotopic (exact) mass is 288 g/mol. The fourth-order valence-corrected chi connectivity index (χ4v) is 1.93. The van der Waals surface area contributed by atoms with Gasteiger partial charge in [-0.05, 0) is 31.5 Å². The highest BCUT2D eigenvalue weighted by molar-refractivity contribution is 5.53. The van der Waals surface area contributed by atoms with Crippen molar-refractivity contribution in [2.45, 2.75) is 26.4 Å². The second-order valence-electron chi connectivity index (χ2n) is 4.62. The summed E-state index contributed by atoms with van der Waals surface area (Å²) in [4.78, 5) is 14.7. The van der Waals surface area contributed by atoms with Crippen LogP contribution in [0.2, 0.25) is 0 Å². The quantitative estimate of drug-likeness (QED) is 0.672. The molecule has 2 aromatic rings. The summed E-state index contributed by atoms with van der Waals surface area (Å²) in [5.41, 5.74) is 1.02. The highest BCUT2D eigenvalue weighted by Gasteiger charge is 2.19. The summed E-state index contributed by atoms with van der Waals surface area (Å²) in [5.74, 6) is 0.557. The number of para-hydroxylation sites is 1. The van der Waals surface area contributed by atoms with Crippen LogP contribution in [0.1, 0.15) is 30.7 Å². The van der Waals surface area contributed by atoms with Crippen LogP contribution in [0.5, 0.6) is 11.5 Å². The fraction of sp³-hybridized carbons (Fsp3) is 0.267. The van der Waals surface area contributed by atoms with Crippen LogP contribution in [0.4, 0.5) is 5.69 Å². The molecule has 1 aromatic carbocycles. The molecular weight excluding hydrogens is 272 g/mol. The molecule has 0 saturated carbocycles. The molecule has 1 heterocycles. The normalized spacial score (nSPS) is 12.0. The summed E-state index contributed by atoms with van der Waals surface area (Å²) < 4.78 is 5.53. The van der Waals surface area contributed by atoms with Gasteiger partial charge in [-0.2, -0.15) is 0 Å². The van der Waals surface area contributed by atoms with Gasteiger partial charge in [-0.3, -0.25) is 15.1 Å². The van der Waals surface area contributed by atoms with Gasteiger partial charge in [0.2, 0.25) is 5.75 Å². The largest absolute Gasteiger partial charge is 0.448 e. The highest BCUT2D eigenvalue weighted by atomic mass is 16.6.